The fourth-order valence-corrected chi connectivity index (χ4v) is 2.50. The van der Waals surface area contributed by atoms with Gasteiger partial charge in [0.25, 0.3) is 0 Å². The minimum absolute atomic E-state index is 0.0600. The van der Waals surface area contributed by atoms with Crippen LogP contribution in [0.3, 0.4) is 0 Å². The van der Waals surface area contributed by atoms with E-state index in [0.29, 0.717) is 6.42 Å². The Morgan fingerprint density at radius 2 is 2.00 bits per heavy atom. The summed E-state index contributed by atoms with van der Waals surface area (Å²) in [6.45, 7) is 5.27. The molecule has 1 aromatic carbocycles. The van der Waals surface area contributed by atoms with Crippen molar-refractivity contribution in [3.8, 4) is 0 Å². The molecule has 0 spiro atoms. The summed E-state index contributed by atoms with van der Waals surface area (Å²) < 4.78 is 38.6. The first-order valence-corrected chi connectivity index (χ1v) is 6.33. The normalized spacial score (nSPS) is 13.4. The van der Waals surface area contributed by atoms with Gasteiger partial charge >= 0.3 is 0 Å². The van der Waals surface area contributed by atoms with Gasteiger partial charge in [-0.3, -0.25) is 0 Å². The number of rotatable bonds is 5. The third-order valence-corrected chi connectivity index (χ3v) is 3.61. The van der Waals surface area contributed by atoms with E-state index in [1.54, 1.807) is 13.0 Å². The van der Waals surface area contributed by atoms with E-state index in [1.165, 1.54) is 12.1 Å². The highest BCUT2D eigenvalue weighted by atomic mass is 32.2. The molecule has 0 saturated carbocycles. The van der Waals surface area contributed by atoms with Crippen LogP contribution < -0.4 is 4.72 Å². The lowest BCUT2D eigenvalue weighted by molar-refractivity contribution is 0.561. The number of benzene rings is 1. The molecule has 0 radical (unpaired) electrons. The first-order valence-electron chi connectivity index (χ1n) is 4.84. The van der Waals surface area contributed by atoms with E-state index in [9.17, 15) is 12.8 Å². The van der Waals surface area contributed by atoms with Gasteiger partial charge in [0, 0.05) is 6.04 Å². The highest BCUT2D eigenvalue weighted by Crippen LogP contribution is 2.10. The van der Waals surface area contributed by atoms with Crippen LogP contribution in [0, 0.1) is 5.82 Å². The fourth-order valence-electron chi connectivity index (χ4n) is 1.24. The minimum Gasteiger partial charge on any atom is -0.208 e. The first-order chi connectivity index (χ1) is 7.45. The van der Waals surface area contributed by atoms with Crippen LogP contribution in [0.2, 0.25) is 0 Å². The Kier molecular flexibility index (Phi) is 4.20. The lowest BCUT2D eigenvalue weighted by atomic mass is 10.3. The molecule has 0 aromatic heterocycles. The Morgan fingerprint density at radius 1 is 1.44 bits per heavy atom. The second-order valence-electron chi connectivity index (χ2n) is 3.50. The lowest BCUT2D eigenvalue weighted by Crippen LogP contribution is -2.32. The van der Waals surface area contributed by atoms with E-state index < -0.39 is 15.8 Å². The molecule has 1 aromatic rings. The zero-order chi connectivity index (χ0) is 12.2. The van der Waals surface area contributed by atoms with Gasteiger partial charge in [-0.25, -0.2) is 17.5 Å². The molecule has 1 N–H and O–H groups in total. The van der Waals surface area contributed by atoms with E-state index in [-0.39, 0.29) is 10.9 Å². The highest BCUT2D eigenvalue weighted by Gasteiger charge is 2.16. The third-order valence-electron chi connectivity index (χ3n) is 2.00. The van der Waals surface area contributed by atoms with Gasteiger partial charge < -0.3 is 0 Å². The van der Waals surface area contributed by atoms with E-state index in [0.717, 1.165) is 12.1 Å². The second-order valence-corrected chi connectivity index (χ2v) is 5.21. The van der Waals surface area contributed by atoms with Crippen molar-refractivity contribution >= 4 is 10.0 Å². The molecule has 3 nitrogen and oxygen atoms in total. The van der Waals surface area contributed by atoms with Gasteiger partial charge in [-0.1, -0.05) is 6.08 Å². The molecule has 1 unspecified atom stereocenters. The van der Waals surface area contributed by atoms with Crippen LogP contribution in [0.25, 0.3) is 0 Å². The topological polar surface area (TPSA) is 46.2 Å². The van der Waals surface area contributed by atoms with Crippen LogP contribution in [0.4, 0.5) is 4.39 Å². The molecular formula is C11H14FNO2S. The van der Waals surface area contributed by atoms with E-state index in [2.05, 4.69) is 11.3 Å². The summed E-state index contributed by atoms with van der Waals surface area (Å²) in [5.41, 5.74) is 0. The molecule has 0 fully saturated rings. The van der Waals surface area contributed by atoms with Crippen molar-refractivity contribution in [3.63, 3.8) is 0 Å². The summed E-state index contributed by atoms with van der Waals surface area (Å²) in [6.07, 6.45) is 2.18. The zero-order valence-electron chi connectivity index (χ0n) is 8.98. The largest absolute Gasteiger partial charge is 0.240 e. The van der Waals surface area contributed by atoms with Crippen LogP contribution in [0.5, 0.6) is 0 Å². The summed E-state index contributed by atoms with van der Waals surface area (Å²) in [7, 11) is -3.56. The summed E-state index contributed by atoms with van der Waals surface area (Å²) in [5.74, 6) is -0.460. The summed E-state index contributed by atoms with van der Waals surface area (Å²) >= 11 is 0. The Bertz CT molecular complexity index is 453. The Morgan fingerprint density at radius 3 is 2.50 bits per heavy atom. The van der Waals surface area contributed by atoms with Crippen LogP contribution >= 0.6 is 0 Å². The monoisotopic (exact) mass is 243 g/mol. The van der Waals surface area contributed by atoms with Crippen LogP contribution in [-0.4, -0.2) is 14.5 Å². The van der Waals surface area contributed by atoms with Gasteiger partial charge in [0.15, 0.2) is 0 Å². The molecule has 0 saturated heterocycles. The predicted molar refractivity (Wildman–Crippen MR) is 61.0 cm³/mol. The fraction of sp³-hybridized carbons (Fsp3) is 0.273. The highest BCUT2D eigenvalue weighted by molar-refractivity contribution is 7.89. The summed E-state index contributed by atoms with van der Waals surface area (Å²) in [5, 5.41) is 0. The van der Waals surface area contributed by atoms with Gasteiger partial charge in [0.2, 0.25) is 10.0 Å². The van der Waals surface area contributed by atoms with Crippen molar-refractivity contribution in [1.82, 2.24) is 4.72 Å². The van der Waals surface area contributed by atoms with Crippen LogP contribution in [0.1, 0.15) is 13.3 Å². The standard InChI is InChI=1S/C11H14FNO2S/c1-3-4-9(2)13-16(14,15)11-7-5-10(12)6-8-11/h3,5-9,13H,1,4H2,2H3. The van der Waals surface area contributed by atoms with Crippen LogP contribution in [-0.2, 0) is 10.0 Å². The number of hydrogen-bond acceptors (Lipinski definition) is 2. The summed E-state index contributed by atoms with van der Waals surface area (Å²) in [4.78, 5) is 0.0600. The summed E-state index contributed by atoms with van der Waals surface area (Å²) in [6, 6.07) is 4.48. The molecule has 0 aliphatic heterocycles. The molecule has 5 heteroatoms. The molecule has 16 heavy (non-hydrogen) atoms. The molecule has 0 amide bonds. The Hall–Kier alpha value is -1.20. The van der Waals surface area contributed by atoms with Crippen molar-refractivity contribution in [2.45, 2.75) is 24.3 Å². The lowest BCUT2D eigenvalue weighted by Gasteiger charge is -2.12. The van der Waals surface area contributed by atoms with Gasteiger partial charge in [-0.2, -0.15) is 0 Å². The Labute approximate surface area is 95.0 Å². The zero-order valence-corrected chi connectivity index (χ0v) is 9.80. The van der Waals surface area contributed by atoms with Crippen molar-refractivity contribution in [2.75, 3.05) is 0 Å². The average Bonchev–Trinajstić information content (AvgIpc) is 2.17. The third kappa shape index (κ3) is 3.43. The molecule has 1 atom stereocenters. The number of halogens is 1. The van der Waals surface area contributed by atoms with Crippen LogP contribution in [0.15, 0.2) is 41.8 Å². The smallest absolute Gasteiger partial charge is 0.208 e. The molecule has 0 aliphatic rings. The second kappa shape index (κ2) is 5.23. The van der Waals surface area contributed by atoms with Crippen molar-refractivity contribution in [3.05, 3.63) is 42.7 Å². The minimum atomic E-state index is -3.56. The molecule has 88 valence electrons. The molecule has 0 bridgehead atoms. The van der Waals surface area contributed by atoms with Gasteiger partial charge in [-0.05, 0) is 37.6 Å². The molecular weight excluding hydrogens is 229 g/mol. The van der Waals surface area contributed by atoms with Crippen molar-refractivity contribution in [1.29, 1.82) is 0 Å². The maximum Gasteiger partial charge on any atom is 0.240 e. The molecule has 0 heterocycles. The SMILES string of the molecule is C=CCC(C)NS(=O)(=O)c1ccc(F)cc1. The predicted octanol–water partition coefficient (Wildman–Crippen LogP) is 2.07. The number of sulfonamides is 1. The van der Waals surface area contributed by atoms with E-state index in [1.807, 2.05) is 0 Å². The van der Waals surface area contributed by atoms with Gasteiger partial charge in [-0.15, -0.1) is 6.58 Å². The average molecular weight is 243 g/mol. The van der Waals surface area contributed by atoms with E-state index >= 15 is 0 Å². The van der Waals surface area contributed by atoms with E-state index in [4.69, 9.17) is 0 Å². The first kappa shape index (κ1) is 12.9. The maximum absolute atomic E-state index is 12.6. The maximum atomic E-state index is 12.6. The number of hydrogen-bond donors (Lipinski definition) is 1. The quantitative estimate of drug-likeness (QED) is 0.805. The molecule has 1 rings (SSSR count). The molecule has 0 aliphatic carbocycles. The number of nitrogens with one attached hydrogen (secondary N) is 1. The Balaban J connectivity index is 2.85. The van der Waals surface area contributed by atoms with Gasteiger partial charge in [0.1, 0.15) is 5.82 Å². The van der Waals surface area contributed by atoms with Crippen molar-refractivity contribution in [2.24, 2.45) is 0 Å². The van der Waals surface area contributed by atoms with Crippen molar-refractivity contribution < 1.29 is 12.8 Å². The van der Waals surface area contributed by atoms with Gasteiger partial charge in [0.05, 0.1) is 4.90 Å².